The summed E-state index contributed by atoms with van der Waals surface area (Å²) in [5.41, 5.74) is 18.7. The summed E-state index contributed by atoms with van der Waals surface area (Å²) in [7, 11) is 21.7. The van der Waals surface area contributed by atoms with Crippen molar-refractivity contribution in [3.05, 3.63) is 337 Å². The van der Waals surface area contributed by atoms with Crippen molar-refractivity contribution >= 4 is 15.9 Å². The van der Waals surface area contributed by atoms with E-state index in [0.29, 0.717) is 89.8 Å². The van der Waals surface area contributed by atoms with Gasteiger partial charge in [-0.25, -0.2) is 4.39 Å². The number of nitrogens with zero attached hydrogens (tertiary/aromatic N) is 10. The molecule has 0 heterocycles. The number of benzene rings is 10. The number of hydrogen-bond donors (Lipinski definition) is 1. The van der Waals surface area contributed by atoms with Gasteiger partial charge in [0.05, 0.1) is 0 Å². The van der Waals surface area contributed by atoms with Crippen LogP contribution in [-0.4, -0.2) is 194 Å². The van der Waals surface area contributed by atoms with Gasteiger partial charge in [-0.1, -0.05) is 374 Å². The molecule has 12 nitrogen and oxygen atoms in total. The van der Waals surface area contributed by atoms with Crippen LogP contribution in [0.25, 0.3) is 0 Å². The lowest BCUT2D eigenvalue weighted by Gasteiger charge is -2.36. The molecule has 1 aliphatic carbocycles. The molecule has 149 heavy (non-hydrogen) atoms. The summed E-state index contributed by atoms with van der Waals surface area (Å²) in [5.74, 6) is 9.59. The number of ether oxygens (including phenoxy) is 1. The van der Waals surface area contributed by atoms with E-state index >= 15 is 0 Å². The molecule has 10 aromatic carbocycles. The molecule has 0 amide bonds. The zero-order valence-electron chi connectivity index (χ0n) is 99.0. The van der Waals surface area contributed by atoms with E-state index in [0.717, 1.165) is 170 Å². The number of para-hydroxylation sites is 2. The summed E-state index contributed by atoms with van der Waals surface area (Å²) in [6.07, 6.45) is 17.3. The minimum atomic E-state index is -0.112. The lowest BCUT2D eigenvalue weighted by molar-refractivity contribution is 0.115. The first-order chi connectivity index (χ1) is 70.8. The van der Waals surface area contributed by atoms with Crippen LogP contribution in [0.3, 0.4) is 0 Å². The fourth-order valence-corrected chi connectivity index (χ4v) is 22.0. The Balaban J connectivity index is 0.000000253. The summed E-state index contributed by atoms with van der Waals surface area (Å²) < 4.78 is 22.0. The maximum absolute atomic E-state index is 14.4. The number of aromatic hydroxyl groups is 1. The van der Waals surface area contributed by atoms with Crippen LogP contribution >= 0.6 is 15.9 Å². The van der Waals surface area contributed by atoms with E-state index in [2.05, 4.69) is 450 Å². The maximum Gasteiger partial charge on any atom is 0.131 e. The lowest BCUT2D eigenvalue weighted by atomic mass is 9.97. The SMILES string of the molecule is CC(C)Cc1cccc(CN(CC2CCCC2)[C@@H](CC(C)C)CN(C)C)c1.CC(C)Cc1cccc(CN(Cc2cccc(O)c2)[C@@H](CC(C)C)CN(C)C)c1.CC(C)Cc1cccc(CN(Cc2ccccc2Br)[C@@H](CC(C)C)CN(C)C)c1.CC(C)Cc1cccc(CN(Cc2ccccc2F)[C@@H](CC(C)C)CN(C)C)c1.CC(C)Cc1cccc(CN(Cc2ccccc2Oc2ccccc2)[C@@H](CC(C)C)CN(C)C)c1. The van der Waals surface area contributed by atoms with E-state index < -0.39 is 0 Å². The van der Waals surface area contributed by atoms with Gasteiger partial charge in [-0.2, -0.15) is 0 Å². The largest absolute Gasteiger partial charge is 0.508 e. The molecule has 0 bridgehead atoms. The molecule has 1 aliphatic rings. The van der Waals surface area contributed by atoms with Gasteiger partial charge in [-0.15, -0.1) is 0 Å². The Hall–Kier alpha value is -8.19. The summed E-state index contributed by atoms with van der Waals surface area (Å²) in [5, 5.41) is 9.94. The molecule has 0 unspecified atom stereocenters. The monoisotopic (exact) mass is 2100 g/mol. The first kappa shape index (κ1) is 128. The molecule has 0 aromatic heterocycles. The van der Waals surface area contributed by atoms with Gasteiger partial charge in [-0.05, 0) is 322 Å². The third-order valence-electron chi connectivity index (χ3n) is 27.5. The van der Waals surface area contributed by atoms with Gasteiger partial charge in [0, 0.05) is 144 Å². The predicted molar refractivity (Wildman–Crippen MR) is 645 cm³/mol. The molecule has 0 aliphatic heterocycles. The second kappa shape index (κ2) is 68.8. The molecule has 1 N–H and O–H groups in total. The standard InChI is InChI=1S/C32H44N2O.C26H39BrN2.C26H39FN2.C26H40N2O.C25H44N2/c1-25(2)19-27-13-12-14-28(21-27)22-34(30(20-26(3)4)24-33(5)6)23-29-15-10-11-18-32(29)35-31-16-8-7-9-17-31;2*1-20(2)14-22-10-9-11-23(16-22)17-29(18-24-12-7-8-13-26(24)27)25(15-21(3)4)19-28(5)6;1-20(2)13-22-9-7-10-23(15-22)17-28(18-24-11-8-12-26(29)16-24)25(14-21(3)4)19-27(5)6;1-20(2)14-23-12-9-13-24(16-23)18-27(17-22-10-7-8-11-22)25(15-21(3)4)19-26(5)6/h7-18,21,25-26,30H,19-20,22-24H2,1-6H3;2*7-13,16,20-21,25H,14-15,17-19H2,1-6H3;7-12,15-16,20-21,25,29H,13-14,17-19H2,1-6H3;9,12-13,16,20-22,25H,7-8,10-11,14-15,17-19H2,1-6H3/t30-;4*25-/m00000/s1. The first-order valence-electron chi connectivity index (χ1n) is 57.2. The highest BCUT2D eigenvalue weighted by molar-refractivity contribution is 9.10. The Labute approximate surface area is 919 Å². The average Bonchev–Trinajstić information content (AvgIpc) is 0.926. The van der Waals surface area contributed by atoms with Crippen LogP contribution in [0, 0.1) is 70.9 Å². The van der Waals surface area contributed by atoms with Crippen molar-refractivity contribution in [2.45, 2.75) is 317 Å². The second-order valence-electron chi connectivity index (χ2n) is 49.4. The van der Waals surface area contributed by atoms with E-state index in [9.17, 15) is 9.50 Å². The lowest BCUT2D eigenvalue weighted by Crippen LogP contribution is -2.44. The summed E-state index contributed by atoms with van der Waals surface area (Å²) in [6, 6.07) is 90.3. The molecule has 10 aromatic rings. The Kier molecular flexibility index (Phi) is 59.0. The van der Waals surface area contributed by atoms with E-state index in [4.69, 9.17) is 4.74 Å². The van der Waals surface area contributed by atoms with E-state index in [1.54, 1.807) is 18.2 Å². The zero-order valence-corrected chi connectivity index (χ0v) is 101. The number of phenolic OH excluding ortho intramolecular Hbond substituents is 1. The third-order valence-corrected chi connectivity index (χ3v) is 28.3. The molecule has 5 atom stereocenters. The number of phenols is 1. The molecule has 1 fully saturated rings. The Morgan fingerprint density at radius 3 is 0.832 bits per heavy atom. The van der Waals surface area contributed by atoms with Crippen LogP contribution in [-0.2, 0) is 91.0 Å². The zero-order chi connectivity index (χ0) is 109. The van der Waals surface area contributed by atoms with Crippen molar-refractivity contribution in [3.63, 3.8) is 0 Å². The van der Waals surface area contributed by atoms with Crippen LogP contribution in [0.2, 0.25) is 0 Å². The van der Waals surface area contributed by atoms with Crippen LogP contribution < -0.4 is 4.74 Å². The van der Waals surface area contributed by atoms with Crippen molar-refractivity contribution in [2.24, 2.45) is 65.1 Å². The highest BCUT2D eigenvalue weighted by Gasteiger charge is 2.31. The van der Waals surface area contributed by atoms with Crippen molar-refractivity contribution in [1.29, 1.82) is 0 Å². The van der Waals surface area contributed by atoms with Gasteiger partial charge >= 0.3 is 0 Å². The molecule has 14 heteroatoms. The smallest absolute Gasteiger partial charge is 0.131 e. The molecular weight excluding hydrogens is 1890 g/mol. The van der Waals surface area contributed by atoms with Crippen molar-refractivity contribution in [1.82, 2.24) is 49.0 Å². The minimum absolute atomic E-state index is 0.112. The number of likely N-dealkylation sites (N-methyl/N-ethyl adjacent to an activating group) is 5. The van der Waals surface area contributed by atoms with Crippen LogP contribution in [0.1, 0.15) is 274 Å². The Bertz CT molecular complexity index is 5070. The average molecular weight is 2100 g/mol. The first-order valence-corrected chi connectivity index (χ1v) is 58.0. The van der Waals surface area contributed by atoms with Crippen LogP contribution in [0.5, 0.6) is 17.2 Å². The minimum Gasteiger partial charge on any atom is -0.508 e. The maximum atomic E-state index is 14.4. The van der Waals surface area contributed by atoms with Crippen molar-refractivity contribution in [3.8, 4) is 17.2 Å². The number of rotatable bonds is 57. The van der Waals surface area contributed by atoms with Gasteiger partial charge in [0.2, 0.25) is 0 Å². The van der Waals surface area contributed by atoms with Gasteiger partial charge in [0.1, 0.15) is 23.1 Å². The molecule has 0 spiro atoms. The molecular formula is C135H206BrFN10O2. The van der Waals surface area contributed by atoms with E-state index in [1.165, 1.54) is 123 Å². The summed E-state index contributed by atoms with van der Waals surface area (Å²) in [4.78, 5) is 24.8. The number of halogens is 2. The molecule has 822 valence electrons. The van der Waals surface area contributed by atoms with Crippen molar-refractivity contribution < 1.29 is 14.2 Å². The quantitative estimate of drug-likeness (QED) is 0.0395. The molecule has 11 rings (SSSR count). The highest BCUT2D eigenvalue weighted by Crippen LogP contribution is 2.34. The Morgan fingerprint density at radius 1 is 0.268 bits per heavy atom. The normalized spacial score (nSPS) is 13.7. The Morgan fingerprint density at radius 2 is 0.523 bits per heavy atom. The van der Waals surface area contributed by atoms with E-state index in [-0.39, 0.29) is 5.82 Å². The summed E-state index contributed by atoms with van der Waals surface area (Å²) in [6.45, 7) is 60.7. The number of hydrogen-bond acceptors (Lipinski definition) is 12. The third kappa shape index (κ3) is 53.0. The highest BCUT2D eigenvalue weighted by atomic mass is 79.9. The van der Waals surface area contributed by atoms with E-state index in [1.807, 2.05) is 54.6 Å². The van der Waals surface area contributed by atoms with Crippen LogP contribution in [0.4, 0.5) is 4.39 Å². The molecule has 0 saturated heterocycles. The topological polar surface area (TPSA) is 61.9 Å². The fourth-order valence-electron chi connectivity index (χ4n) is 21.6. The predicted octanol–water partition coefficient (Wildman–Crippen LogP) is 31.7. The van der Waals surface area contributed by atoms with Gasteiger partial charge < -0.3 is 34.3 Å². The molecule has 0 radical (unpaired) electrons. The second-order valence-corrected chi connectivity index (χ2v) is 50.2. The van der Waals surface area contributed by atoms with Gasteiger partial charge in [-0.3, -0.25) is 24.5 Å². The van der Waals surface area contributed by atoms with Crippen molar-refractivity contribution in [2.75, 3.05) is 110 Å². The van der Waals surface area contributed by atoms with Gasteiger partial charge in [0.25, 0.3) is 0 Å². The fraction of sp³-hybridized carbons (Fsp3) is 0.556. The van der Waals surface area contributed by atoms with Crippen LogP contribution in [0.15, 0.2) is 253 Å². The molecule has 1 saturated carbocycles. The summed E-state index contributed by atoms with van der Waals surface area (Å²) >= 11 is 3.76. The van der Waals surface area contributed by atoms with Gasteiger partial charge in [0.15, 0.2) is 0 Å².